The van der Waals surface area contributed by atoms with Gasteiger partial charge in [-0.05, 0) is 42.0 Å². The van der Waals surface area contributed by atoms with Crippen molar-refractivity contribution < 1.29 is 9.94 Å². The number of nitrogens with zero attached hydrogens (tertiary/aromatic N) is 2. The lowest BCUT2D eigenvalue weighted by Crippen LogP contribution is -2.12. The molecule has 0 saturated heterocycles. The van der Waals surface area contributed by atoms with Gasteiger partial charge in [-0.25, -0.2) is 0 Å². The second-order valence-corrected chi connectivity index (χ2v) is 3.65. The molecule has 1 aromatic heterocycles. The highest BCUT2D eigenvalue weighted by Crippen LogP contribution is 2.13. The number of pyridine rings is 1. The van der Waals surface area contributed by atoms with E-state index in [0.717, 1.165) is 11.3 Å². The van der Waals surface area contributed by atoms with E-state index in [0.29, 0.717) is 12.2 Å². The fourth-order valence-corrected chi connectivity index (χ4v) is 1.43. The molecule has 0 atom stereocenters. The zero-order chi connectivity index (χ0) is 12.8. The molecule has 3 N–H and O–H groups in total. The first-order chi connectivity index (χ1) is 8.79. The van der Waals surface area contributed by atoms with E-state index in [1.807, 2.05) is 12.1 Å². The average molecular weight is 243 g/mol. The summed E-state index contributed by atoms with van der Waals surface area (Å²) in [5, 5.41) is 11.5. The summed E-state index contributed by atoms with van der Waals surface area (Å²) in [7, 11) is 0. The molecule has 0 saturated carbocycles. The van der Waals surface area contributed by atoms with Gasteiger partial charge < -0.3 is 15.7 Å². The molecule has 0 aliphatic heterocycles. The SMILES string of the molecule is N/C(=N\O)c1ccc(OCc2ccncc2)cc1. The van der Waals surface area contributed by atoms with Crippen LogP contribution in [0.1, 0.15) is 11.1 Å². The van der Waals surface area contributed by atoms with Gasteiger partial charge in [-0.15, -0.1) is 0 Å². The number of aromatic nitrogens is 1. The summed E-state index contributed by atoms with van der Waals surface area (Å²) in [6.45, 7) is 0.478. The van der Waals surface area contributed by atoms with Gasteiger partial charge in [0.1, 0.15) is 12.4 Å². The molecule has 1 heterocycles. The Labute approximate surface area is 105 Å². The predicted molar refractivity (Wildman–Crippen MR) is 67.5 cm³/mol. The lowest BCUT2D eigenvalue weighted by atomic mass is 10.2. The number of ether oxygens (including phenoxy) is 1. The molecule has 1 aromatic carbocycles. The Morgan fingerprint density at radius 2 is 1.83 bits per heavy atom. The smallest absolute Gasteiger partial charge is 0.170 e. The van der Waals surface area contributed by atoms with Gasteiger partial charge in [-0.2, -0.15) is 0 Å². The third kappa shape index (κ3) is 2.98. The van der Waals surface area contributed by atoms with E-state index in [2.05, 4.69) is 10.1 Å². The van der Waals surface area contributed by atoms with Crippen LogP contribution in [0.5, 0.6) is 5.75 Å². The first kappa shape index (κ1) is 11.9. The number of amidine groups is 1. The van der Waals surface area contributed by atoms with E-state index in [4.69, 9.17) is 15.7 Å². The highest BCUT2D eigenvalue weighted by atomic mass is 16.5. The van der Waals surface area contributed by atoms with Crippen LogP contribution in [0.25, 0.3) is 0 Å². The first-order valence-electron chi connectivity index (χ1n) is 5.39. The molecule has 92 valence electrons. The highest BCUT2D eigenvalue weighted by molar-refractivity contribution is 5.97. The van der Waals surface area contributed by atoms with Crippen molar-refractivity contribution in [1.29, 1.82) is 0 Å². The van der Waals surface area contributed by atoms with Crippen LogP contribution in [0.15, 0.2) is 53.9 Å². The number of oxime groups is 1. The first-order valence-corrected chi connectivity index (χ1v) is 5.39. The Morgan fingerprint density at radius 1 is 1.17 bits per heavy atom. The maximum Gasteiger partial charge on any atom is 0.170 e. The van der Waals surface area contributed by atoms with Crippen LogP contribution in [0.4, 0.5) is 0 Å². The van der Waals surface area contributed by atoms with Gasteiger partial charge in [0.05, 0.1) is 0 Å². The Balaban J connectivity index is 1.99. The van der Waals surface area contributed by atoms with Crippen LogP contribution < -0.4 is 10.5 Å². The fraction of sp³-hybridized carbons (Fsp3) is 0.0769. The standard InChI is InChI=1S/C13H13N3O2/c14-13(16-17)11-1-3-12(4-2-11)18-9-10-5-7-15-8-6-10/h1-8,17H,9H2,(H2,14,16). The molecule has 2 aromatic rings. The van der Waals surface area contributed by atoms with Crippen molar-refractivity contribution in [3.8, 4) is 5.75 Å². The van der Waals surface area contributed by atoms with Gasteiger partial charge in [-0.3, -0.25) is 4.98 Å². The van der Waals surface area contributed by atoms with Crippen molar-refractivity contribution >= 4 is 5.84 Å². The van der Waals surface area contributed by atoms with E-state index in [9.17, 15) is 0 Å². The average Bonchev–Trinajstić information content (AvgIpc) is 2.46. The summed E-state index contributed by atoms with van der Waals surface area (Å²) in [5.41, 5.74) is 7.16. The summed E-state index contributed by atoms with van der Waals surface area (Å²) >= 11 is 0. The lowest BCUT2D eigenvalue weighted by molar-refractivity contribution is 0.306. The van der Waals surface area contributed by atoms with E-state index >= 15 is 0 Å². The Kier molecular flexibility index (Phi) is 3.76. The summed E-state index contributed by atoms with van der Waals surface area (Å²) in [5.74, 6) is 0.803. The maximum absolute atomic E-state index is 8.54. The van der Waals surface area contributed by atoms with Gasteiger partial charge in [0.15, 0.2) is 5.84 Å². The van der Waals surface area contributed by atoms with Crippen molar-refractivity contribution in [2.75, 3.05) is 0 Å². The van der Waals surface area contributed by atoms with Crippen LogP contribution in [0.3, 0.4) is 0 Å². The lowest BCUT2D eigenvalue weighted by Gasteiger charge is -2.06. The minimum atomic E-state index is 0.0793. The molecule has 0 spiro atoms. The Bertz CT molecular complexity index is 524. The number of hydrogen-bond acceptors (Lipinski definition) is 4. The molecule has 2 rings (SSSR count). The molecule has 0 aliphatic carbocycles. The molecule has 0 radical (unpaired) electrons. The molecule has 5 heteroatoms. The van der Waals surface area contributed by atoms with Crippen molar-refractivity contribution in [3.63, 3.8) is 0 Å². The summed E-state index contributed by atoms with van der Waals surface area (Å²) in [6.07, 6.45) is 3.44. The number of nitrogens with two attached hydrogens (primary N) is 1. The van der Waals surface area contributed by atoms with Crippen LogP contribution in [-0.4, -0.2) is 16.0 Å². The molecule has 0 fully saturated rings. The zero-order valence-electron chi connectivity index (χ0n) is 9.65. The quantitative estimate of drug-likeness (QED) is 0.371. The molecule has 0 unspecified atom stereocenters. The molecular formula is C13H13N3O2. The Hall–Kier alpha value is -2.56. The summed E-state index contributed by atoms with van der Waals surface area (Å²) in [4.78, 5) is 3.93. The Morgan fingerprint density at radius 3 is 2.44 bits per heavy atom. The van der Waals surface area contributed by atoms with Crippen LogP contribution in [0, 0.1) is 0 Å². The van der Waals surface area contributed by atoms with E-state index in [-0.39, 0.29) is 5.84 Å². The van der Waals surface area contributed by atoms with Crippen LogP contribution in [-0.2, 0) is 6.61 Å². The van der Waals surface area contributed by atoms with Gasteiger partial charge in [0, 0.05) is 18.0 Å². The normalized spacial score (nSPS) is 11.2. The van der Waals surface area contributed by atoms with Gasteiger partial charge in [0.25, 0.3) is 0 Å². The predicted octanol–water partition coefficient (Wildman–Crippen LogP) is 1.76. The maximum atomic E-state index is 8.54. The van der Waals surface area contributed by atoms with Crippen molar-refractivity contribution in [3.05, 3.63) is 59.9 Å². The summed E-state index contributed by atoms with van der Waals surface area (Å²) < 4.78 is 5.59. The highest BCUT2D eigenvalue weighted by Gasteiger charge is 2.00. The fourth-order valence-electron chi connectivity index (χ4n) is 1.43. The van der Waals surface area contributed by atoms with E-state index < -0.39 is 0 Å². The van der Waals surface area contributed by atoms with Gasteiger partial charge in [-0.1, -0.05) is 5.16 Å². The van der Waals surface area contributed by atoms with Crippen LogP contribution in [0.2, 0.25) is 0 Å². The number of hydrogen-bond donors (Lipinski definition) is 2. The molecule has 5 nitrogen and oxygen atoms in total. The van der Waals surface area contributed by atoms with Crippen molar-refractivity contribution in [2.24, 2.45) is 10.9 Å². The van der Waals surface area contributed by atoms with Gasteiger partial charge >= 0.3 is 0 Å². The number of benzene rings is 1. The second-order valence-electron chi connectivity index (χ2n) is 3.65. The second kappa shape index (κ2) is 5.67. The summed E-state index contributed by atoms with van der Waals surface area (Å²) in [6, 6.07) is 10.8. The third-order valence-electron chi connectivity index (χ3n) is 2.41. The molecule has 0 bridgehead atoms. The molecular weight excluding hydrogens is 230 g/mol. The third-order valence-corrected chi connectivity index (χ3v) is 2.41. The van der Waals surface area contributed by atoms with Crippen LogP contribution >= 0.6 is 0 Å². The van der Waals surface area contributed by atoms with E-state index in [1.165, 1.54) is 0 Å². The minimum Gasteiger partial charge on any atom is -0.489 e. The molecule has 0 aliphatic rings. The van der Waals surface area contributed by atoms with Crippen molar-refractivity contribution in [2.45, 2.75) is 6.61 Å². The minimum absolute atomic E-state index is 0.0793. The number of rotatable bonds is 4. The topological polar surface area (TPSA) is 80.7 Å². The zero-order valence-corrected chi connectivity index (χ0v) is 9.65. The molecule has 0 amide bonds. The van der Waals surface area contributed by atoms with E-state index in [1.54, 1.807) is 36.7 Å². The monoisotopic (exact) mass is 243 g/mol. The van der Waals surface area contributed by atoms with Crippen molar-refractivity contribution in [1.82, 2.24) is 4.98 Å². The van der Waals surface area contributed by atoms with Gasteiger partial charge in [0.2, 0.25) is 0 Å². The largest absolute Gasteiger partial charge is 0.489 e. The molecule has 18 heavy (non-hydrogen) atoms.